The quantitative estimate of drug-likeness (QED) is 0.694. The molecule has 2 heterocycles. The number of aliphatic hydroxyl groups excluding tert-OH is 1. The molecule has 0 spiro atoms. The summed E-state index contributed by atoms with van der Waals surface area (Å²) in [5.74, 6) is 0. The molecule has 1 N–H and O–H groups in total. The largest absolute Gasteiger partial charge is 0.392 e. The summed E-state index contributed by atoms with van der Waals surface area (Å²) in [6, 6.07) is 3.67. The van der Waals surface area contributed by atoms with Gasteiger partial charge in [0.15, 0.2) is 0 Å². The minimum atomic E-state index is 0.0376. The van der Waals surface area contributed by atoms with E-state index in [0.717, 1.165) is 21.4 Å². The van der Waals surface area contributed by atoms with Gasteiger partial charge in [0.25, 0.3) is 0 Å². The number of hydrogen-bond donors (Lipinski definition) is 1. The zero-order valence-corrected chi connectivity index (χ0v) is 10.1. The number of aliphatic hydroxyl groups is 1. The molecule has 0 saturated carbocycles. The molecule has 78 valence electrons. The van der Waals surface area contributed by atoms with E-state index < -0.39 is 0 Å². The third-order valence-electron chi connectivity index (χ3n) is 2.06. The van der Waals surface area contributed by atoms with E-state index in [0.29, 0.717) is 0 Å². The van der Waals surface area contributed by atoms with Crippen molar-refractivity contribution in [2.24, 2.45) is 0 Å². The topological polar surface area (TPSA) is 50.9 Å². The Kier molecular flexibility index (Phi) is 3.32. The van der Waals surface area contributed by atoms with E-state index in [2.05, 4.69) is 32.7 Å². The average molecular weight is 315 g/mol. The van der Waals surface area contributed by atoms with Crippen LogP contribution in [-0.2, 0) is 11.2 Å². The lowest BCUT2D eigenvalue weighted by Crippen LogP contribution is -1.89. The Bertz CT molecular complexity index is 455. The summed E-state index contributed by atoms with van der Waals surface area (Å²) in [5.41, 5.74) is 2.68. The molecule has 0 amide bonds. The Morgan fingerprint density at radius 3 is 3.00 bits per heavy atom. The Morgan fingerprint density at radius 1 is 1.47 bits per heavy atom. The second kappa shape index (κ2) is 4.71. The monoisotopic (exact) mass is 315 g/mol. The maximum Gasteiger partial charge on any atom is 0.0924 e. The summed E-state index contributed by atoms with van der Waals surface area (Å²) in [6.07, 6.45) is 5.42. The van der Waals surface area contributed by atoms with Gasteiger partial charge in [-0.1, -0.05) is 22.6 Å². The summed E-state index contributed by atoms with van der Waals surface area (Å²) in [7, 11) is 0. The smallest absolute Gasteiger partial charge is 0.0924 e. The van der Waals surface area contributed by atoms with E-state index in [9.17, 15) is 0 Å². The zero-order valence-electron chi connectivity index (χ0n) is 7.97. The lowest BCUT2D eigenvalue weighted by molar-refractivity contribution is 0.282. The fourth-order valence-electron chi connectivity index (χ4n) is 1.29. The van der Waals surface area contributed by atoms with Gasteiger partial charge < -0.3 is 5.11 Å². The highest BCUT2D eigenvalue weighted by molar-refractivity contribution is 14.1. The Balaban J connectivity index is 2.35. The first-order chi connectivity index (χ1) is 7.33. The van der Waals surface area contributed by atoms with Crippen molar-refractivity contribution in [2.75, 3.05) is 0 Å². The normalized spacial score (nSPS) is 10.5. The molecule has 0 radical (unpaired) electrons. The first-order valence-electron chi connectivity index (χ1n) is 4.48. The van der Waals surface area contributed by atoms with Gasteiger partial charge >= 0.3 is 0 Å². The molecule has 0 atom stereocenters. The molecule has 2 aromatic rings. The van der Waals surface area contributed by atoms with Crippen LogP contribution in [0.5, 0.6) is 0 Å². The highest BCUT2D eigenvalue weighted by Gasteiger charge is 2.03. The van der Waals surface area contributed by atoms with Gasteiger partial charge in [0, 0.05) is 18.0 Å². The maximum atomic E-state index is 9.01. The summed E-state index contributed by atoms with van der Waals surface area (Å²) < 4.78 is 2.65. The van der Waals surface area contributed by atoms with Gasteiger partial charge in [0.1, 0.15) is 0 Å². The van der Waals surface area contributed by atoms with E-state index in [-0.39, 0.29) is 6.61 Å². The van der Waals surface area contributed by atoms with Crippen molar-refractivity contribution in [3.63, 3.8) is 0 Å². The number of alkyl halides is 1. The molecule has 2 rings (SSSR count). The Morgan fingerprint density at radius 2 is 2.33 bits per heavy atom. The minimum absolute atomic E-state index is 0.0376. The standard InChI is InChI=1S/C10H10IN3O/c11-7-14-5-9(4-13-14)10-3-8(6-15)1-2-12-10/h1-5,15H,6-7H2. The van der Waals surface area contributed by atoms with Crippen molar-refractivity contribution in [1.82, 2.24) is 14.8 Å². The first-order valence-corrected chi connectivity index (χ1v) is 6.00. The van der Waals surface area contributed by atoms with Crippen molar-refractivity contribution in [2.45, 2.75) is 11.2 Å². The van der Waals surface area contributed by atoms with Crippen LogP contribution < -0.4 is 0 Å². The van der Waals surface area contributed by atoms with Crippen LogP contribution in [0.25, 0.3) is 11.3 Å². The predicted molar refractivity (Wildman–Crippen MR) is 65.4 cm³/mol. The fraction of sp³-hybridized carbons (Fsp3) is 0.200. The molecule has 5 heteroatoms. The molecule has 15 heavy (non-hydrogen) atoms. The van der Waals surface area contributed by atoms with Crippen molar-refractivity contribution in [3.8, 4) is 11.3 Å². The predicted octanol–water partition coefficient (Wildman–Crippen LogP) is 1.83. The summed E-state index contributed by atoms with van der Waals surface area (Å²) in [4.78, 5) is 4.24. The number of pyridine rings is 1. The SMILES string of the molecule is OCc1ccnc(-c2cnn(CI)c2)c1. The molecule has 0 fully saturated rings. The van der Waals surface area contributed by atoms with Crippen molar-refractivity contribution in [1.29, 1.82) is 0 Å². The summed E-state index contributed by atoms with van der Waals surface area (Å²) >= 11 is 2.24. The molecule has 4 nitrogen and oxygen atoms in total. The highest BCUT2D eigenvalue weighted by Crippen LogP contribution is 2.17. The Hall–Kier alpha value is -0.950. The number of aromatic nitrogens is 3. The van der Waals surface area contributed by atoms with Gasteiger partial charge in [-0.2, -0.15) is 5.10 Å². The van der Waals surface area contributed by atoms with E-state index in [1.807, 2.05) is 16.9 Å². The number of hydrogen-bond acceptors (Lipinski definition) is 3. The second-order valence-electron chi connectivity index (χ2n) is 3.10. The first kappa shape index (κ1) is 10.6. The van der Waals surface area contributed by atoms with E-state index >= 15 is 0 Å². The van der Waals surface area contributed by atoms with Crippen LogP contribution in [0.3, 0.4) is 0 Å². The van der Waals surface area contributed by atoms with Gasteiger partial charge in [0.2, 0.25) is 0 Å². The molecular weight excluding hydrogens is 305 g/mol. The van der Waals surface area contributed by atoms with E-state index in [1.54, 1.807) is 18.5 Å². The van der Waals surface area contributed by atoms with Crippen molar-refractivity contribution < 1.29 is 5.11 Å². The number of nitrogens with zero attached hydrogens (tertiary/aromatic N) is 3. The summed E-state index contributed by atoms with van der Waals surface area (Å²) in [5, 5.41) is 13.2. The van der Waals surface area contributed by atoms with Crippen LogP contribution in [-0.4, -0.2) is 19.9 Å². The van der Waals surface area contributed by atoms with Gasteiger partial charge in [0.05, 0.1) is 23.0 Å². The van der Waals surface area contributed by atoms with Crippen LogP contribution in [0, 0.1) is 0 Å². The van der Waals surface area contributed by atoms with E-state index in [4.69, 9.17) is 5.11 Å². The molecule has 0 aromatic carbocycles. The molecule has 0 unspecified atom stereocenters. The highest BCUT2D eigenvalue weighted by atomic mass is 127. The number of halogens is 1. The number of rotatable bonds is 3. The molecule has 0 aliphatic rings. The lowest BCUT2D eigenvalue weighted by atomic mass is 10.2. The fourth-order valence-corrected chi connectivity index (χ4v) is 1.66. The van der Waals surface area contributed by atoms with Gasteiger partial charge in [-0.25, -0.2) is 0 Å². The molecule has 0 bridgehead atoms. The Labute approximate surface area is 101 Å². The third-order valence-corrected chi connectivity index (χ3v) is 2.76. The summed E-state index contributed by atoms with van der Waals surface area (Å²) in [6.45, 7) is 0.0376. The molecule has 0 saturated heterocycles. The second-order valence-corrected chi connectivity index (χ2v) is 3.78. The van der Waals surface area contributed by atoms with E-state index in [1.165, 1.54) is 0 Å². The minimum Gasteiger partial charge on any atom is -0.392 e. The van der Waals surface area contributed by atoms with Crippen molar-refractivity contribution in [3.05, 3.63) is 36.3 Å². The molecule has 0 aliphatic heterocycles. The van der Waals surface area contributed by atoms with Gasteiger partial charge in [-0.15, -0.1) is 0 Å². The lowest BCUT2D eigenvalue weighted by Gasteiger charge is -1.98. The van der Waals surface area contributed by atoms with Crippen LogP contribution in [0.2, 0.25) is 0 Å². The van der Waals surface area contributed by atoms with Crippen LogP contribution >= 0.6 is 22.6 Å². The third kappa shape index (κ3) is 2.35. The average Bonchev–Trinajstić information content (AvgIpc) is 2.78. The molecule has 2 aromatic heterocycles. The zero-order chi connectivity index (χ0) is 10.7. The maximum absolute atomic E-state index is 9.01. The molecular formula is C10H10IN3O. The molecule has 0 aliphatic carbocycles. The van der Waals surface area contributed by atoms with Gasteiger partial charge in [-0.05, 0) is 17.7 Å². The van der Waals surface area contributed by atoms with Crippen LogP contribution in [0.4, 0.5) is 0 Å². The van der Waals surface area contributed by atoms with Crippen LogP contribution in [0.1, 0.15) is 5.56 Å². The van der Waals surface area contributed by atoms with Crippen molar-refractivity contribution >= 4 is 22.6 Å². The van der Waals surface area contributed by atoms with Crippen LogP contribution in [0.15, 0.2) is 30.7 Å². The van der Waals surface area contributed by atoms with Gasteiger partial charge in [-0.3, -0.25) is 9.67 Å².